The number of hydrogen-bond acceptors (Lipinski definition) is 6. The Balaban J connectivity index is 1.56. The van der Waals surface area contributed by atoms with Gasteiger partial charge >= 0.3 is 0 Å². The first-order valence-corrected chi connectivity index (χ1v) is 9.21. The highest BCUT2D eigenvalue weighted by Crippen LogP contribution is 2.37. The molecule has 1 N–H and O–H groups in total. The number of hydrogen-bond donors (Lipinski definition) is 1. The standard InChI is InChI=1S/C21H17FN4O5/c1-12-7-17(13(2)25(12)16-5-3-15(22)4-6-16)21(27)24-23-10-14-8-19-20(31-11-30-19)9-18(14)26(28)29/h3-10H,11H2,1-2H3,(H,24,27). The summed E-state index contributed by atoms with van der Waals surface area (Å²) in [7, 11) is 0. The number of benzene rings is 2. The number of nitrogens with zero attached hydrogens (tertiary/aromatic N) is 3. The zero-order chi connectivity index (χ0) is 22.1. The van der Waals surface area contributed by atoms with Gasteiger partial charge in [-0.15, -0.1) is 0 Å². The molecule has 0 saturated heterocycles. The number of hydrazone groups is 1. The fraction of sp³-hybridized carbons (Fsp3) is 0.143. The van der Waals surface area contributed by atoms with Crippen molar-refractivity contribution in [3.05, 3.63) is 80.9 Å². The predicted molar refractivity (Wildman–Crippen MR) is 109 cm³/mol. The smallest absolute Gasteiger partial charge is 0.282 e. The Bertz CT molecular complexity index is 1220. The van der Waals surface area contributed by atoms with E-state index in [2.05, 4.69) is 10.5 Å². The van der Waals surface area contributed by atoms with E-state index in [1.54, 1.807) is 25.1 Å². The van der Waals surface area contributed by atoms with E-state index in [0.717, 1.165) is 11.4 Å². The van der Waals surface area contributed by atoms with Crippen LogP contribution in [0.5, 0.6) is 11.5 Å². The fourth-order valence-electron chi connectivity index (χ4n) is 3.41. The zero-order valence-electron chi connectivity index (χ0n) is 16.6. The molecule has 1 aliphatic rings. The topological polar surface area (TPSA) is 108 Å². The molecule has 0 saturated carbocycles. The molecule has 10 heteroatoms. The largest absolute Gasteiger partial charge is 0.454 e. The highest BCUT2D eigenvalue weighted by molar-refractivity contribution is 5.97. The van der Waals surface area contributed by atoms with Crippen LogP contribution in [0.15, 0.2) is 47.6 Å². The maximum atomic E-state index is 13.2. The van der Waals surface area contributed by atoms with E-state index < -0.39 is 10.8 Å². The summed E-state index contributed by atoms with van der Waals surface area (Å²) in [6.07, 6.45) is 1.18. The number of nitro benzene ring substituents is 1. The Kier molecular flexibility index (Phi) is 5.12. The highest BCUT2D eigenvalue weighted by atomic mass is 19.1. The van der Waals surface area contributed by atoms with Crippen LogP contribution in [0.3, 0.4) is 0 Å². The summed E-state index contributed by atoms with van der Waals surface area (Å²) < 4.78 is 25.4. The molecule has 2 aromatic carbocycles. The van der Waals surface area contributed by atoms with E-state index >= 15 is 0 Å². The van der Waals surface area contributed by atoms with Crippen molar-refractivity contribution in [2.75, 3.05) is 6.79 Å². The molecule has 31 heavy (non-hydrogen) atoms. The van der Waals surface area contributed by atoms with Crippen molar-refractivity contribution >= 4 is 17.8 Å². The average Bonchev–Trinajstić information content (AvgIpc) is 3.31. The van der Waals surface area contributed by atoms with Gasteiger partial charge in [0.15, 0.2) is 11.5 Å². The summed E-state index contributed by atoms with van der Waals surface area (Å²) >= 11 is 0. The monoisotopic (exact) mass is 424 g/mol. The van der Waals surface area contributed by atoms with Crippen LogP contribution in [0, 0.1) is 29.8 Å². The molecule has 1 aliphatic heterocycles. The Hall–Kier alpha value is -4.21. The number of rotatable bonds is 5. The normalized spacial score (nSPS) is 12.4. The van der Waals surface area contributed by atoms with E-state index in [4.69, 9.17) is 9.47 Å². The number of fused-ring (bicyclic) bond motifs is 1. The number of ether oxygens (including phenoxy) is 2. The summed E-state index contributed by atoms with van der Waals surface area (Å²) in [6.45, 7) is 3.57. The van der Waals surface area contributed by atoms with Crippen LogP contribution < -0.4 is 14.9 Å². The minimum atomic E-state index is -0.568. The number of carbonyl (C=O) groups excluding carboxylic acids is 1. The lowest BCUT2D eigenvalue weighted by molar-refractivity contribution is -0.385. The lowest BCUT2D eigenvalue weighted by Crippen LogP contribution is -2.18. The molecule has 0 fully saturated rings. The molecule has 1 amide bonds. The number of aryl methyl sites for hydroxylation is 1. The second-order valence-electron chi connectivity index (χ2n) is 6.82. The van der Waals surface area contributed by atoms with E-state index in [9.17, 15) is 19.3 Å². The van der Waals surface area contributed by atoms with Gasteiger partial charge < -0.3 is 14.0 Å². The Morgan fingerprint density at radius 1 is 1.19 bits per heavy atom. The second-order valence-corrected chi connectivity index (χ2v) is 6.82. The highest BCUT2D eigenvalue weighted by Gasteiger charge is 2.23. The van der Waals surface area contributed by atoms with E-state index in [1.807, 2.05) is 11.5 Å². The van der Waals surface area contributed by atoms with Crippen LogP contribution in [0.2, 0.25) is 0 Å². The summed E-state index contributed by atoms with van der Waals surface area (Å²) in [4.78, 5) is 23.4. The van der Waals surface area contributed by atoms with Crippen molar-refractivity contribution < 1.29 is 23.6 Å². The van der Waals surface area contributed by atoms with E-state index in [1.165, 1.54) is 30.5 Å². The van der Waals surface area contributed by atoms with Crippen LogP contribution in [-0.4, -0.2) is 28.4 Å². The summed E-state index contributed by atoms with van der Waals surface area (Å²) in [6, 6.07) is 10.3. The molecule has 9 nitrogen and oxygen atoms in total. The first-order valence-electron chi connectivity index (χ1n) is 9.21. The molecule has 0 aliphatic carbocycles. The Morgan fingerprint density at radius 2 is 1.87 bits per heavy atom. The number of nitrogens with one attached hydrogen (secondary N) is 1. The number of amides is 1. The van der Waals surface area contributed by atoms with Crippen molar-refractivity contribution in [2.45, 2.75) is 13.8 Å². The number of carbonyl (C=O) groups is 1. The van der Waals surface area contributed by atoms with E-state index in [0.29, 0.717) is 17.0 Å². The van der Waals surface area contributed by atoms with Gasteiger partial charge in [0.25, 0.3) is 11.6 Å². The lowest BCUT2D eigenvalue weighted by Gasteiger charge is -2.09. The maximum Gasteiger partial charge on any atom is 0.282 e. The van der Waals surface area contributed by atoms with Gasteiger partial charge in [0.05, 0.1) is 28.3 Å². The van der Waals surface area contributed by atoms with Gasteiger partial charge in [0.1, 0.15) is 5.82 Å². The van der Waals surface area contributed by atoms with E-state index in [-0.39, 0.29) is 29.6 Å². The molecule has 2 heterocycles. The predicted octanol–water partition coefficient (Wildman–Crippen LogP) is 3.63. The zero-order valence-corrected chi connectivity index (χ0v) is 16.6. The van der Waals surface area contributed by atoms with Crippen molar-refractivity contribution in [1.82, 2.24) is 9.99 Å². The first kappa shape index (κ1) is 20.1. The van der Waals surface area contributed by atoms with Crippen LogP contribution in [-0.2, 0) is 0 Å². The molecule has 1 aromatic heterocycles. The van der Waals surface area contributed by atoms with Crippen LogP contribution in [0.1, 0.15) is 27.3 Å². The molecular weight excluding hydrogens is 407 g/mol. The van der Waals surface area contributed by atoms with Crippen LogP contribution in [0.4, 0.5) is 10.1 Å². The molecule has 158 valence electrons. The molecule has 0 radical (unpaired) electrons. The Morgan fingerprint density at radius 3 is 2.55 bits per heavy atom. The van der Waals surface area contributed by atoms with Gasteiger partial charge in [-0.25, -0.2) is 9.82 Å². The fourth-order valence-corrected chi connectivity index (χ4v) is 3.41. The Labute approximate surface area is 175 Å². The molecule has 0 spiro atoms. The molecule has 0 unspecified atom stereocenters. The van der Waals surface area contributed by atoms with Crippen molar-refractivity contribution in [1.29, 1.82) is 0 Å². The quantitative estimate of drug-likeness (QED) is 0.382. The third-order valence-corrected chi connectivity index (χ3v) is 4.85. The molecule has 0 bridgehead atoms. The van der Waals surface area contributed by atoms with Crippen LogP contribution in [0.25, 0.3) is 5.69 Å². The minimum absolute atomic E-state index is 0.0203. The summed E-state index contributed by atoms with van der Waals surface area (Å²) in [5.74, 6) is -0.195. The van der Waals surface area contributed by atoms with Crippen LogP contribution >= 0.6 is 0 Å². The molecule has 4 rings (SSSR count). The first-order chi connectivity index (χ1) is 14.8. The summed E-state index contributed by atoms with van der Waals surface area (Å²) in [5, 5.41) is 15.2. The third kappa shape index (κ3) is 3.82. The lowest BCUT2D eigenvalue weighted by atomic mass is 10.1. The minimum Gasteiger partial charge on any atom is -0.454 e. The van der Waals surface area contributed by atoms with Gasteiger partial charge in [0.2, 0.25) is 6.79 Å². The maximum absolute atomic E-state index is 13.2. The molecular formula is C21H17FN4O5. The van der Waals surface area contributed by atoms with Gasteiger partial charge in [-0.3, -0.25) is 14.9 Å². The SMILES string of the molecule is Cc1cc(C(=O)NN=Cc2cc3c(cc2[N+](=O)[O-])OCO3)c(C)n1-c1ccc(F)cc1. The van der Waals surface area contributed by atoms with Crippen molar-refractivity contribution in [3.8, 4) is 17.2 Å². The number of halogens is 1. The number of nitro groups is 1. The third-order valence-electron chi connectivity index (χ3n) is 4.85. The van der Waals surface area contributed by atoms with Gasteiger partial charge in [-0.05, 0) is 50.2 Å². The molecule has 3 aromatic rings. The second kappa shape index (κ2) is 7.90. The number of aromatic nitrogens is 1. The van der Waals surface area contributed by atoms with Gasteiger partial charge in [-0.1, -0.05) is 0 Å². The van der Waals surface area contributed by atoms with Gasteiger partial charge in [-0.2, -0.15) is 5.10 Å². The summed E-state index contributed by atoms with van der Waals surface area (Å²) in [5.41, 5.74) is 4.84. The van der Waals surface area contributed by atoms with Crippen molar-refractivity contribution in [3.63, 3.8) is 0 Å². The van der Waals surface area contributed by atoms with Gasteiger partial charge in [0, 0.05) is 17.1 Å². The average molecular weight is 424 g/mol. The van der Waals surface area contributed by atoms with Crippen molar-refractivity contribution in [2.24, 2.45) is 5.10 Å². The molecule has 0 atom stereocenters.